The number of azide groups is 1. The number of aliphatic hydroxyl groups excluding tert-OH is 1. The van der Waals surface area contributed by atoms with Crippen LogP contribution in [-0.2, 0) is 14.3 Å². The molecule has 12 nitrogen and oxygen atoms in total. The molecule has 12 heteroatoms. The highest BCUT2D eigenvalue weighted by molar-refractivity contribution is 5.66. The molecule has 148 valence electrons. The fourth-order valence-electron chi connectivity index (χ4n) is 2.74. The maximum Gasteiger partial charge on any atom is 0.330 e. The van der Waals surface area contributed by atoms with E-state index in [-0.39, 0.29) is 32.3 Å². The molecule has 4 atom stereocenters. The Morgan fingerprint density at radius 3 is 3.00 bits per heavy atom. The van der Waals surface area contributed by atoms with E-state index in [1.165, 1.54) is 10.8 Å². The molecule has 0 amide bonds. The van der Waals surface area contributed by atoms with Crippen molar-refractivity contribution in [1.29, 1.82) is 0 Å². The van der Waals surface area contributed by atoms with Gasteiger partial charge in [0.25, 0.3) is 5.56 Å². The summed E-state index contributed by atoms with van der Waals surface area (Å²) >= 11 is 0. The van der Waals surface area contributed by atoms with E-state index >= 15 is 0 Å². The molecule has 1 fully saturated rings. The van der Waals surface area contributed by atoms with Crippen molar-refractivity contribution in [2.24, 2.45) is 5.11 Å². The predicted molar refractivity (Wildman–Crippen MR) is 91.0 cm³/mol. The number of H-pyrrole nitrogens is 1. The highest BCUT2D eigenvalue weighted by atomic mass is 16.6. The summed E-state index contributed by atoms with van der Waals surface area (Å²) in [5.41, 5.74) is 7.91. The highest BCUT2D eigenvalue weighted by Crippen LogP contribution is 2.30. The van der Waals surface area contributed by atoms with E-state index in [1.807, 2.05) is 0 Å². The first-order valence-corrected chi connectivity index (χ1v) is 8.35. The second-order valence-corrected chi connectivity index (χ2v) is 6.19. The minimum absolute atomic E-state index is 0.0851. The van der Waals surface area contributed by atoms with Crippen LogP contribution in [0, 0.1) is 6.92 Å². The van der Waals surface area contributed by atoms with Crippen molar-refractivity contribution in [2.45, 2.75) is 57.3 Å². The van der Waals surface area contributed by atoms with Crippen LogP contribution in [0.1, 0.15) is 37.5 Å². The van der Waals surface area contributed by atoms with E-state index in [1.54, 1.807) is 6.92 Å². The van der Waals surface area contributed by atoms with Crippen LogP contribution in [0.2, 0.25) is 0 Å². The summed E-state index contributed by atoms with van der Waals surface area (Å²) in [5.74, 6) is -0.964. The molecule has 0 aromatic carbocycles. The van der Waals surface area contributed by atoms with Gasteiger partial charge >= 0.3 is 11.7 Å². The highest BCUT2D eigenvalue weighted by Gasteiger charge is 2.36. The van der Waals surface area contributed by atoms with Crippen LogP contribution >= 0.6 is 0 Å². The maximum absolute atomic E-state index is 12.0. The summed E-state index contributed by atoms with van der Waals surface area (Å²) in [6.07, 6.45) is -0.805. The number of hydrogen-bond acceptors (Lipinski definition) is 7. The monoisotopic (exact) mass is 383 g/mol. The van der Waals surface area contributed by atoms with E-state index in [0.29, 0.717) is 5.56 Å². The van der Waals surface area contributed by atoms with Gasteiger partial charge in [-0.2, -0.15) is 0 Å². The van der Waals surface area contributed by atoms with E-state index in [2.05, 4.69) is 15.0 Å². The van der Waals surface area contributed by atoms with E-state index < -0.39 is 41.9 Å². The van der Waals surface area contributed by atoms with Crippen LogP contribution in [0.3, 0.4) is 0 Å². The van der Waals surface area contributed by atoms with Crippen LogP contribution in [0.25, 0.3) is 10.4 Å². The molecule has 3 N–H and O–H groups in total. The lowest BCUT2D eigenvalue weighted by molar-refractivity contribution is -0.143. The largest absolute Gasteiger partial charge is 0.481 e. The third kappa shape index (κ3) is 5.66. The van der Waals surface area contributed by atoms with Crippen molar-refractivity contribution in [1.82, 2.24) is 9.55 Å². The summed E-state index contributed by atoms with van der Waals surface area (Å²) in [5, 5.41) is 22.0. The second kappa shape index (κ2) is 9.33. The number of ether oxygens (including phenoxy) is 2. The quantitative estimate of drug-likeness (QED) is 0.239. The molecule has 4 unspecified atom stereocenters. The Morgan fingerprint density at radius 1 is 1.59 bits per heavy atom. The zero-order valence-electron chi connectivity index (χ0n) is 14.6. The topological polar surface area (TPSA) is 180 Å². The van der Waals surface area contributed by atoms with Gasteiger partial charge in [0.05, 0.1) is 18.8 Å². The Kier molecular flexibility index (Phi) is 7.13. The van der Waals surface area contributed by atoms with E-state index in [4.69, 9.17) is 20.1 Å². The Morgan fingerprint density at radius 2 is 2.33 bits per heavy atom. The van der Waals surface area contributed by atoms with Gasteiger partial charge in [-0.15, -0.1) is 0 Å². The number of carboxylic acids is 1. The van der Waals surface area contributed by atoms with Crippen LogP contribution < -0.4 is 11.2 Å². The third-order valence-electron chi connectivity index (χ3n) is 4.15. The van der Waals surface area contributed by atoms with Gasteiger partial charge in [0.2, 0.25) is 0 Å². The minimum atomic E-state index is -1.18. The number of aromatic nitrogens is 2. The number of aliphatic hydroxyl groups is 1. The summed E-state index contributed by atoms with van der Waals surface area (Å²) < 4.78 is 12.2. The Hall–Kier alpha value is -2.66. The van der Waals surface area contributed by atoms with Crippen LogP contribution in [-0.4, -0.2) is 50.8 Å². The summed E-state index contributed by atoms with van der Waals surface area (Å²) in [6.45, 7) is 1.44. The number of carbonyl (C=O) groups is 1. The zero-order chi connectivity index (χ0) is 20.0. The molecule has 2 rings (SSSR count). The Labute approximate surface area is 153 Å². The van der Waals surface area contributed by atoms with E-state index in [0.717, 1.165) is 0 Å². The van der Waals surface area contributed by atoms with Crippen molar-refractivity contribution >= 4 is 5.97 Å². The first-order chi connectivity index (χ1) is 12.8. The zero-order valence-corrected chi connectivity index (χ0v) is 14.6. The summed E-state index contributed by atoms with van der Waals surface area (Å²) in [7, 11) is 0. The predicted octanol–water partition coefficient (Wildman–Crippen LogP) is 0.401. The van der Waals surface area contributed by atoms with Crippen LogP contribution in [0.5, 0.6) is 0 Å². The van der Waals surface area contributed by atoms with Gasteiger partial charge in [-0.25, -0.2) is 4.79 Å². The molecule has 0 aliphatic carbocycles. The molecule has 2 heterocycles. The smallest absolute Gasteiger partial charge is 0.330 e. The molecule has 0 saturated carbocycles. The number of hydrogen-bond donors (Lipinski definition) is 3. The summed E-state index contributed by atoms with van der Waals surface area (Å²) in [6, 6.07) is -0.634. The molecular formula is C15H21N5O7. The van der Waals surface area contributed by atoms with Gasteiger partial charge in [0.1, 0.15) is 6.23 Å². The lowest BCUT2D eigenvalue weighted by atomic mass is 10.1. The molecule has 1 aromatic rings. The number of carboxylic acid groups (broad SMARTS) is 1. The molecule has 1 saturated heterocycles. The van der Waals surface area contributed by atoms with Gasteiger partial charge < -0.3 is 19.7 Å². The molecule has 27 heavy (non-hydrogen) atoms. The third-order valence-corrected chi connectivity index (χ3v) is 4.15. The molecule has 0 spiro atoms. The first kappa shape index (κ1) is 20.6. The first-order valence-electron chi connectivity index (χ1n) is 8.35. The second-order valence-electron chi connectivity index (χ2n) is 6.19. The average Bonchev–Trinajstić information content (AvgIpc) is 2.99. The number of nitrogens with one attached hydrogen (secondary N) is 1. The van der Waals surface area contributed by atoms with Crippen molar-refractivity contribution in [3.63, 3.8) is 0 Å². The van der Waals surface area contributed by atoms with Crippen molar-refractivity contribution in [2.75, 3.05) is 6.61 Å². The van der Waals surface area contributed by atoms with Gasteiger partial charge in [0.15, 0.2) is 6.29 Å². The van der Waals surface area contributed by atoms with E-state index in [9.17, 15) is 19.5 Å². The fourth-order valence-corrected chi connectivity index (χ4v) is 2.74. The Bertz CT molecular complexity index is 829. The average molecular weight is 383 g/mol. The minimum Gasteiger partial charge on any atom is -0.481 e. The molecule has 0 bridgehead atoms. The number of aryl methyl sites for hydroxylation is 1. The van der Waals surface area contributed by atoms with Crippen molar-refractivity contribution in [3.05, 3.63) is 43.0 Å². The van der Waals surface area contributed by atoms with Crippen LogP contribution in [0.4, 0.5) is 0 Å². The normalized spacial score (nSPS) is 23.0. The summed E-state index contributed by atoms with van der Waals surface area (Å²) in [4.78, 5) is 38.9. The lowest BCUT2D eigenvalue weighted by Gasteiger charge is -2.19. The van der Waals surface area contributed by atoms with Gasteiger partial charge in [-0.3, -0.25) is 19.1 Å². The lowest BCUT2D eigenvalue weighted by Crippen LogP contribution is -2.33. The molecule has 1 aliphatic rings. The standard InChI is InChI=1S/C15H21N5O7/c1-8-6-20(15(25)17-14(8)24)11-5-9(18-19-16)10(27-11)7-26-13(23)4-2-3-12(21)22/h6,9-11,13,23H,2-5,7H2,1H3,(H,21,22)(H,17,24,25). The number of aliphatic carboxylic acids is 1. The molecule has 0 radical (unpaired) electrons. The van der Waals surface area contributed by atoms with Gasteiger partial charge in [-0.05, 0) is 25.3 Å². The molecule has 1 aromatic heterocycles. The SMILES string of the molecule is Cc1cn(C2CC(N=[N+]=[N-])C(COC(O)CCCC(=O)O)O2)c(=O)[nH]c1=O. The number of rotatable bonds is 9. The van der Waals surface area contributed by atoms with Gasteiger partial charge in [-0.1, -0.05) is 5.11 Å². The van der Waals surface area contributed by atoms with Crippen molar-refractivity contribution < 1.29 is 24.5 Å². The number of nitrogens with zero attached hydrogens (tertiary/aromatic N) is 4. The maximum atomic E-state index is 12.0. The fraction of sp³-hybridized carbons (Fsp3) is 0.667. The van der Waals surface area contributed by atoms with Crippen molar-refractivity contribution in [3.8, 4) is 0 Å². The molecule has 1 aliphatic heterocycles. The molecular weight excluding hydrogens is 362 g/mol. The number of aromatic amines is 1. The van der Waals surface area contributed by atoms with Gasteiger partial charge in [0, 0.05) is 29.5 Å². The Balaban J connectivity index is 2.01. The van der Waals surface area contributed by atoms with Crippen LogP contribution in [0.15, 0.2) is 20.9 Å².